The number of carbonyl (C=O) groups excluding carboxylic acids is 1. The largest absolute Gasteiger partial charge is 0.366 e. The lowest BCUT2D eigenvalue weighted by atomic mass is 10.1. The van der Waals surface area contributed by atoms with E-state index in [1.165, 1.54) is 5.56 Å². The average Bonchev–Trinajstić information content (AvgIpc) is 3.12. The Balaban J connectivity index is 1.29. The molecular formula is C23H29N5O2. The first-order valence-corrected chi connectivity index (χ1v) is 10.7. The molecule has 2 aromatic rings. The van der Waals surface area contributed by atoms with Crippen LogP contribution >= 0.6 is 0 Å². The number of amidine groups is 1. The average molecular weight is 408 g/mol. The number of aromatic amines is 1. The lowest BCUT2D eigenvalue weighted by Crippen LogP contribution is -2.46. The number of nitrogens with zero attached hydrogens (tertiary/aromatic N) is 4. The Morgan fingerprint density at radius 2 is 1.87 bits per heavy atom. The number of hydrogen-bond acceptors (Lipinski definition) is 5. The molecular weight excluding hydrogens is 378 g/mol. The van der Waals surface area contributed by atoms with Crippen molar-refractivity contribution in [3.63, 3.8) is 0 Å². The van der Waals surface area contributed by atoms with E-state index in [1.54, 1.807) is 0 Å². The molecule has 3 atom stereocenters. The molecule has 30 heavy (non-hydrogen) atoms. The fourth-order valence-electron chi connectivity index (χ4n) is 4.84. The minimum absolute atomic E-state index is 0.0180. The molecule has 1 saturated carbocycles. The zero-order valence-electron chi connectivity index (χ0n) is 18.2. The summed E-state index contributed by atoms with van der Waals surface area (Å²) in [5.74, 6) is 2.54. The van der Waals surface area contributed by atoms with Gasteiger partial charge in [0, 0.05) is 30.4 Å². The monoisotopic (exact) mass is 407 g/mol. The summed E-state index contributed by atoms with van der Waals surface area (Å²) < 4.78 is 0. The minimum Gasteiger partial charge on any atom is -0.366 e. The highest BCUT2D eigenvalue weighted by Crippen LogP contribution is 2.55. The van der Waals surface area contributed by atoms with Crippen LogP contribution in [-0.4, -0.2) is 45.7 Å². The molecule has 1 aromatic carbocycles. The van der Waals surface area contributed by atoms with Crippen LogP contribution in [0, 0.1) is 24.7 Å². The zero-order valence-corrected chi connectivity index (χ0v) is 18.2. The quantitative estimate of drug-likeness (QED) is 0.838. The zero-order chi connectivity index (χ0) is 21.2. The van der Waals surface area contributed by atoms with Crippen LogP contribution in [0.25, 0.3) is 0 Å². The number of carbonyl (C=O) groups is 1. The van der Waals surface area contributed by atoms with Gasteiger partial charge in [-0.05, 0) is 56.7 Å². The van der Waals surface area contributed by atoms with Crippen molar-refractivity contribution < 1.29 is 9.63 Å². The third kappa shape index (κ3) is 2.99. The van der Waals surface area contributed by atoms with Gasteiger partial charge < -0.3 is 9.74 Å². The molecule has 2 fully saturated rings. The Morgan fingerprint density at radius 1 is 1.20 bits per heavy atom. The van der Waals surface area contributed by atoms with Crippen molar-refractivity contribution in [1.29, 1.82) is 0 Å². The molecule has 2 aliphatic heterocycles. The van der Waals surface area contributed by atoms with Gasteiger partial charge in [0.15, 0.2) is 5.84 Å². The molecule has 1 N–H and O–H groups in total. The number of rotatable bonds is 4. The van der Waals surface area contributed by atoms with E-state index in [-0.39, 0.29) is 5.91 Å². The summed E-state index contributed by atoms with van der Waals surface area (Å²) >= 11 is 0. The minimum atomic E-state index is -0.515. The summed E-state index contributed by atoms with van der Waals surface area (Å²) in [5, 5.41) is 11.7. The molecule has 1 aliphatic carbocycles. The van der Waals surface area contributed by atoms with Crippen LogP contribution in [0.15, 0.2) is 35.5 Å². The Kier molecular flexibility index (Phi) is 4.21. The number of fused-ring (bicyclic) bond motifs is 1. The number of anilines is 1. The van der Waals surface area contributed by atoms with E-state index in [1.807, 2.05) is 24.8 Å². The highest BCUT2D eigenvalue weighted by atomic mass is 16.7. The first-order valence-electron chi connectivity index (χ1n) is 10.7. The third-order valence-corrected chi connectivity index (χ3v) is 6.64. The van der Waals surface area contributed by atoms with E-state index < -0.39 is 5.72 Å². The lowest BCUT2D eigenvalue weighted by Gasteiger charge is -2.32. The molecule has 1 unspecified atom stereocenters. The molecule has 1 saturated heterocycles. The van der Waals surface area contributed by atoms with Crippen molar-refractivity contribution in [3.05, 3.63) is 47.3 Å². The van der Waals surface area contributed by atoms with E-state index in [0.29, 0.717) is 29.4 Å². The summed E-state index contributed by atoms with van der Waals surface area (Å²) in [4.78, 5) is 22.8. The second-order valence-corrected chi connectivity index (χ2v) is 9.59. The second-order valence-electron chi connectivity index (χ2n) is 9.59. The van der Waals surface area contributed by atoms with Crippen molar-refractivity contribution >= 4 is 17.4 Å². The smallest absolute Gasteiger partial charge is 0.274 e. The van der Waals surface area contributed by atoms with E-state index in [4.69, 9.17) is 4.84 Å². The number of H-pyrrole nitrogens is 1. The first kappa shape index (κ1) is 19.2. The molecule has 5 rings (SSSR count). The molecule has 7 nitrogen and oxygen atoms in total. The third-order valence-electron chi connectivity index (χ3n) is 6.64. The van der Waals surface area contributed by atoms with Gasteiger partial charge >= 0.3 is 0 Å². The molecule has 0 spiro atoms. The van der Waals surface area contributed by atoms with Gasteiger partial charge in [-0.3, -0.25) is 14.8 Å². The number of aryl methyl sites for hydroxylation is 1. The topological polar surface area (TPSA) is 73.8 Å². The van der Waals surface area contributed by atoms with E-state index >= 15 is 0 Å². The SMILES string of the molecule is Cc1ccc(N2C(C3[C@H]4CN(C(=O)c5cc(C(C)C)[nH]n5)C[C@@H]34)=NOC2(C)C)cc1. The van der Waals surface area contributed by atoms with Gasteiger partial charge in [-0.15, -0.1) is 0 Å². The van der Waals surface area contributed by atoms with E-state index in [2.05, 4.69) is 65.3 Å². The van der Waals surface area contributed by atoms with E-state index in [0.717, 1.165) is 30.3 Å². The maximum atomic E-state index is 12.9. The van der Waals surface area contributed by atoms with E-state index in [9.17, 15) is 4.79 Å². The van der Waals surface area contributed by atoms with Crippen LogP contribution in [-0.2, 0) is 4.84 Å². The maximum Gasteiger partial charge on any atom is 0.274 e. The predicted molar refractivity (Wildman–Crippen MR) is 115 cm³/mol. The second kappa shape index (κ2) is 6.59. The number of nitrogens with one attached hydrogen (secondary N) is 1. The van der Waals surface area contributed by atoms with Gasteiger partial charge in [-0.2, -0.15) is 5.10 Å². The molecule has 3 aliphatic rings. The number of benzene rings is 1. The number of likely N-dealkylation sites (tertiary alicyclic amines) is 1. The van der Waals surface area contributed by atoms with Crippen LogP contribution < -0.4 is 4.90 Å². The fourth-order valence-corrected chi connectivity index (χ4v) is 4.84. The Labute approximate surface area is 177 Å². The predicted octanol–water partition coefficient (Wildman–Crippen LogP) is 3.75. The molecule has 1 aromatic heterocycles. The molecule has 3 heterocycles. The number of oxime groups is 1. The molecule has 0 radical (unpaired) electrons. The van der Waals surface area contributed by atoms with Crippen molar-refractivity contribution in [2.24, 2.45) is 22.9 Å². The normalized spacial score (nSPS) is 26.6. The lowest BCUT2D eigenvalue weighted by molar-refractivity contribution is 0.0138. The highest BCUT2D eigenvalue weighted by molar-refractivity contribution is 6.03. The van der Waals surface area contributed by atoms with Gasteiger partial charge in [-0.1, -0.05) is 36.7 Å². The van der Waals surface area contributed by atoms with Crippen LogP contribution in [0.2, 0.25) is 0 Å². The standard InChI is InChI=1S/C23H29N5O2/c1-13(2)18-10-19(25-24-18)22(29)27-11-16-17(12-27)20(16)21-26-30-23(4,5)28(21)15-8-6-14(3)7-9-15/h6-10,13,16-17,20H,11-12H2,1-5H3,(H,24,25)/t16-,17+,20?. The summed E-state index contributed by atoms with van der Waals surface area (Å²) in [6, 6.07) is 10.4. The van der Waals surface area contributed by atoms with Crippen LogP contribution in [0.3, 0.4) is 0 Å². The van der Waals surface area contributed by atoms with Crippen molar-refractivity contribution in [2.45, 2.75) is 46.3 Å². The summed E-state index contributed by atoms with van der Waals surface area (Å²) in [6.07, 6.45) is 0. The number of piperidine rings is 1. The first-order chi connectivity index (χ1) is 14.3. The Morgan fingerprint density at radius 3 is 2.47 bits per heavy atom. The van der Waals surface area contributed by atoms with Gasteiger partial charge in [0.05, 0.1) is 0 Å². The van der Waals surface area contributed by atoms with Gasteiger partial charge in [0.25, 0.3) is 5.91 Å². The number of amides is 1. The number of hydrogen-bond donors (Lipinski definition) is 1. The fraction of sp³-hybridized carbons (Fsp3) is 0.522. The Hall–Kier alpha value is -2.83. The molecule has 7 heteroatoms. The Bertz CT molecular complexity index is 995. The summed E-state index contributed by atoms with van der Waals surface area (Å²) in [6.45, 7) is 11.8. The van der Waals surface area contributed by atoms with Crippen molar-refractivity contribution in [3.8, 4) is 0 Å². The van der Waals surface area contributed by atoms with Gasteiger partial charge in [0.1, 0.15) is 5.69 Å². The maximum absolute atomic E-state index is 12.9. The van der Waals surface area contributed by atoms with Gasteiger partial charge in [0.2, 0.25) is 5.72 Å². The van der Waals surface area contributed by atoms with Crippen LogP contribution in [0.5, 0.6) is 0 Å². The summed E-state index contributed by atoms with van der Waals surface area (Å²) in [7, 11) is 0. The van der Waals surface area contributed by atoms with Crippen molar-refractivity contribution in [2.75, 3.05) is 18.0 Å². The van der Waals surface area contributed by atoms with Crippen molar-refractivity contribution in [1.82, 2.24) is 15.1 Å². The van der Waals surface area contributed by atoms with Gasteiger partial charge in [-0.25, -0.2) is 0 Å². The molecule has 1 amide bonds. The van der Waals surface area contributed by atoms with Crippen LogP contribution in [0.4, 0.5) is 5.69 Å². The number of aromatic nitrogens is 2. The molecule has 158 valence electrons. The van der Waals surface area contributed by atoms with Crippen LogP contribution in [0.1, 0.15) is 55.4 Å². The molecule has 0 bridgehead atoms. The summed E-state index contributed by atoms with van der Waals surface area (Å²) in [5.41, 5.74) is 3.32. The highest BCUT2D eigenvalue weighted by Gasteiger charge is 2.62.